The Morgan fingerprint density at radius 2 is 1.70 bits per heavy atom. The van der Waals surface area contributed by atoms with Gasteiger partial charge in [-0.1, -0.05) is 37.3 Å². The molecule has 3 heterocycles. The summed E-state index contributed by atoms with van der Waals surface area (Å²) in [6.45, 7) is 3.25. The Bertz CT molecular complexity index is 787. The van der Waals surface area contributed by atoms with E-state index >= 15 is 0 Å². The van der Waals surface area contributed by atoms with Crippen molar-refractivity contribution in [3.8, 4) is 18.2 Å². The molecule has 6 heteroatoms. The lowest BCUT2D eigenvalue weighted by Gasteiger charge is -2.60. The van der Waals surface area contributed by atoms with Gasteiger partial charge in [0, 0.05) is 6.92 Å². The number of hydrogen-bond acceptors (Lipinski definition) is 6. The number of hydrogen-bond donors (Lipinski definition) is 1. The van der Waals surface area contributed by atoms with Crippen LogP contribution in [0.1, 0.15) is 25.5 Å². The molecule has 114 valence electrons. The van der Waals surface area contributed by atoms with E-state index in [-0.39, 0.29) is 5.90 Å². The van der Waals surface area contributed by atoms with Crippen molar-refractivity contribution in [2.75, 3.05) is 0 Å². The maximum Gasteiger partial charge on any atom is 0.215 e. The normalized spacial score (nSPS) is 37.1. The molecule has 0 unspecified atom stereocenters. The van der Waals surface area contributed by atoms with E-state index in [1.54, 1.807) is 38.1 Å². The smallest absolute Gasteiger partial charge is 0.215 e. The zero-order chi connectivity index (χ0) is 16.9. The van der Waals surface area contributed by atoms with Crippen LogP contribution in [0.25, 0.3) is 0 Å². The van der Waals surface area contributed by atoms with Crippen molar-refractivity contribution in [1.82, 2.24) is 0 Å². The van der Waals surface area contributed by atoms with Gasteiger partial charge < -0.3 is 9.47 Å². The third-order valence-corrected chi connectivity index (χ3v) is 5.10. The Morgan fingerprint density at radius 1 is 1.09 bits per heavy atom. The van der Waals surface area contributed by atoms with Crippen LogP contribution in [-0.4, -0.2) is 11.7 Å². The first-order valence-corrected chi connectivity index (χ1v) is 7.16. The first-order valence-electron chi connectivity index (χ1n) is 7.16. The van der Waals surface area contributed by atoms with Crippen LogP contribution in [0.4, 0.5) is 0 Å². The SMILES string of the molecule is C[C@@H]1C(C#N)(C#N)[C@@]2(C#N)C(=N)O[C@@]1(C)O[C@@H]2c1ccccc1. The average molecular weight is 306 g/mol. The molecule has 6 nitrogen and oxygen atoms in total. The molecule has 1 aromatic rings. The number of rotatable bonds is 1. The van der Waals surface area contributed by atoms with Gasteiger partial charge in [0.1, 0.15) is 6.10 Å². The summed E-state index contributed by atoms with van der Waals surface area (Å²) in [6.07, 6.45) is -0.921. The highest BCUT2D eigenvalue weighted by atomic mass is 16.7. The molecule has 1 N–H and O–H groups in total. The first kappa shape index (κ1) is 15.0. The molecule has 3 aliphatic heterocycles. The minimum atomic E-state index is -1.81. The van der Waals surface area contributed by atoms with Crippen molar-refractivity contribution in [2.24, 2.45) is 16.7 Å². The number of nitriles is 3. The summed E-state index contributed by atoms with van der Waals surface area (Å²) >= 11 is 0. The second kappa shape index (κ2) is 4.56. The maximum absolute atomic E-state index is 9.91. The molecule has 0 aliphatic carbocycles. The van der Waals surface area contributed by atoms with Gasteiger partial charge in [-0.25, -0.2) is 0 Å². The molecule has 0 spiro atoms. The number of nitrogens with zero attached hydrogens (tertiary/aromatic N) is 3. The lowest BCUT2D eigenvalue weighted by molar-refractivity contribution is -0.338. The van der Waals surface area contributed by atoms with Gasteiger partial charge >= 0.3 is 0 Å². The van der Waals surface area contributed by atoms with Gasteiger partial charge in [-0.3, -0.25) is 5.41 Å². The van der Waals surface area contributed by atoms with Crippen molar-refractivity contribution in [2.45, 2.75) is 25.7 Å². The van der Waals surface area contributed by atoms with E-state index in [1.807, 2.05) is 24.3 Å². The molecule has 1 aromatic carbocycles. The van der Waals surface area contributed by atoms with Crippen LogP contribution in [-0.2, 0) is 9.47 Å². The zero-order valence-electron chi connectivity index (χ0n) is 12.7. The second-order valence-electron chi connectivity index (χ2n) is 6.03. The summed E-state index contributed by atoms with van der Waals surface area (Å²) in [5.74, 6) is -2.40. The molecule has 0 aromatic heterocycles. The fourth-order valence-corrected chi connectivity index (χ4v) is 3.60. The monoisotopic (exact) mass is 306 g/mol. The van der Waals surface area contributed by atoms with E-state index in [4.69, 9.17) is 14.9 Å². The topological polar surface area (TPSA) is 114 Å². The Morgan fingerprint density at radius 3 is 2.22 bits per heavy atom. The Balaban J connectivity index is 2.35. The Hall–Kier alpha value is -2.88. The highest BCUT2D eigenvalue weighted by molar-refractivity contribution is 5.88. The third kappa shape index (κ3) is 1.50. The third-order valence-electron chi connectivity index (χ3n) is 5.10. The summed E-state index contributed by atoms with van der Waals surface area (Å²) in [6, 6.07) is 14.9. The highest BCUT2D eigenvalue weighted by Crippen LogP contribution is 2.66. The standard InChI is InChI=1S/C17H14N4O2/c1-11-15(2)22-13(12-6-4-3-5-7-12)17(10-20,14(21)23-15)16(11,8-18)9-19/h3-7,11,13,21H,1-2H3/t11-,13+,15+,17+/m0/s1. The second-order valence-corrected chi connectivity index (χ2v) is 6.03. The van der Waals surface area contributed by atoms with Gasteiger partial charge in [-0.05, 0) is 5.56 Å². The van der Waals surface area contributed by atoms with Crippen LogP contribution in [0.2, 0.25) is 0 Å². The number of benzene rings is 1. The molecule has 3 aliphatic rings. The predicted octanol–water partition coefficient (Wildman–Crippen LogP) is 2.66. The van der Waals surface area contributed by atoms with Gasteiger partial charge in [-0.2, -0.15) is 15.8 Å². The van der Waals surface area contributed by atoms with Crippen LogP contribution < -0.4 is 0 Å². The largest absolute Gasteiger partial charge is 0.448 e. The van der Waals surface area contributed by atoms with Crippen LogP contribution in [0.5, 0.6) is 0 Å². The molecule has 3 saturated heterocycles. The van der Waals surface area contributed by atoms with E-state index < -0.39 is 28.6 Å². The molecule has 2 bridgehead atoms. The first-order chi connectivity index (χ1) is 10.9. The lowest BCUT2D eigenvalue weighted by Crippen LogP contribution is -2.71. The fourth-order valence-electron chi connectivity index (χ4n) is 3.60. The maximum atomic E-state index is 9.91. The molecular weight excluding hydrogens is 292 g/mol. The van der Waals surface area contributed by atoms with Gasteiger partial charge in [0.25, 0.3) is 0 Å². The molecule has 0 amide bonds. The molecule has 4 rings (SSSR count). The molecule has 4 atom stereocenters. The van der Waals surface area contributed by atoms with E-state index in [0.29, 0.717) is 5.56 Å². The van der Waals surface area contributed by atoms with Gasteiger partial charge in [0.15, 0.2) is 10.8 Å². The Labute approximate surface area is 134 Å². The molecule has 23 heavy (non-hydrogen) atoms. The van der Waals surface area contributed by atoms with Crippen LogP contribution in [0, 0.1) is 56.2 Å². The van der Waals surface area contributed by atoms with Crippen LogP contribution in [0.15, 0.2) is 30.3 Å². The zero-order valence-corrected chi connectivity index (χ0v) is 12.7. The van der Waals surface area contributed by atoms with E-state index in [2.05, 4.69) is 0 Å². The summed E-state index contributed by atoms with van der Waals surface area (Å²) < 4.78 is 11.5. The minimum Gasteiger partial charge on any atom is -0.448 e. The quantitative estimate of drug-likeness (QED) is 0.856. The molecule has 3 fully saturated rings. The Kier molecular flexibility index (Phi) is 2.98. The molecular formula is C17H14N4O2. The van der Waals surface area contributed by atoms with Crippen molar-refractivity contribution in [3.63, 3.8) is 0 Å². The van der Waals surface area contributed by atoms with Gasteiger partial charge in [0.05, 0.1) is 24.1 Å². The van der Waals surface area contributed by atoms with E-state index in [0.717, 1.165) is 0 Å². The number of ether oxygens (including phenoxy) is 2. The minimum absolute atomic E-state index is 0.385. The average Bonchev–Trinajstić information content (AvgIpc) is 2.57. The molecule has 0 radical (unpaired) electrons. The van der Waals surface area contributed by atoms with Gasteiger partial charge in [-0.15, -0.1) is 0 Å². The number of fused-ring (bicyclic) bond motifs is 3. The van der Waals surface area contributed by atoms with Crippen LogP contribution in [0.3, 0.4) is 0 Å². The summed E-state index contributed by atoms with van der Waals surface area (Å²) in [7, 11) is 0. The lowest BCUT2D eigenvalue weighted by atomic mass is 9.51. The summed E-state index contributed by atoms with van der Waals surface area (Å²) in [4.78, 5) is 0. The van der Waals surface area contributed by atoms with Gasteiger partial charge in [0.2, 0.25) is 11.7 Å². The highest BCUT2D eigenvalue weighted by Gasteiger charge is 2.77. The molecule has 0 saturated carbocycles. The summed E-state index contributed by atoms with van der Waals surface area (Å²) in [5, 5.41) is 37.8. The van der Waals surface area contributed by atoms with Crippen LogP contribution >= 0.6 is 0 Å². The predicted molar refractivity (Wildman–Crippen MR) is 78.4 cm³/mol. The van der Waals surface area contributed by atoms with E-state index in [9.17, 15) is 15.8 Å². The van der Waals surface area contributed by atoms with Crippen molar-refractivity contribution >= 4 is 5.90 Å². The van der Waals surface area contributed by atoms with E-state index in [1.165, 1.54) is 0 Å². The van der Waals surface area contributed by atoms with Crippen molar-refractivity contribution in [1.29, 1.82) is 21.2 Å². The van der Waals surface area contributed by atoms with Crippen molar-refractivity contribution < 1.29 is 9.47 Å². The van der Waals surface area contributed by atoms with Crippen molar-refractivity contribution in [3.05, 3.63) is 35.9 Å². The number of nitrogens with one attached hydrogen (secondary N) is 1. The summed E-state index contributed by atoms with van der Waals surface area (Å²) in [5.41, 5.74) is -2.91. The fraction of sp³-hybridized carbons (Fsp3) is 0.412.